The first-order valence-electron chi connectivity index (χ1n) is 5.43. The highest BCUT2D eigenvalue weighted by Crippen LogP contribution is 2.30. The lowest BCUT2D eigenvalue weighted by atomic mass is 10.0. The van der Waals surface area contributed by atoms with E-state index in [1.54, 1.807) is 6.92 Å². The summed E-state index contributed by atoms with van der Waals surface area (Å²) in [5.41, 5.74) is 5.43. The third-order valence-corrected chi connectivity index (χ3v) is 2.36. The van der Waals surface area contributed by atoms with Crippen LogP contribution in [0.25, 0.3) is 0 Å². The van der Waals surface area contributed by atoms with Crippen LogP contribution in [0.3, 0.4) is 0 Å². The molecule has 1 rings (SSSR count). The Morgan fingerprint density at radius 1 is 1.32 bits per heavy atom. The lowest BCUT2D eigenvalue weighted by Crippen LogP contribution is -2.17. The quantitative estimate of drug-likeness (QED) is 0.869. The number of ether oxygens (including phenoxy) is 1. The van der Waals surface area contributed by atoms with E-state index in [0.717, 1.165) is 12.1 Å². The average molecular weight is 298 g/mol. The van der Waals surface area contributed by atoms with E-state index in [-0.39, 0.29) is 25.4 Å². The van der Waals surface area contributed by atoms with E-state index < -0.39 is 23.8 Å². The van der Waals surface area contributed by atoms with Crippen LogP contribution in [0.1, 0.15) is 30.5 Å². The van der Waals surface area contributed by atoms with Gasteiger partial charge in [0, 0.05) is 6.04 Å². The van der Waals surface area contributed by atoms with Crippen LogP contribution in [0, 0.1) is 0 Å². The Bertz CT molecular complexity index is 406. The fourth-order valence-electron chi connectivity index (χ4n) is 1.44. The standard InChI is InChI=1S/C12H14F3NO2.ClH/c1-2-18-11(17)7-10(16)8-3-5-9(6-4-8)12(13,14)15;/h3-6,10H,2,7,16H2,1H3;1H/t10-;/m1./s1. The van der Waals surface area contributed by atoms with Gasteiger partial charge in [0.25, 0.3) is 0 Å². The van der Waals surface area contributed by atoms with Gasteiger partial charge in [-0.15, -0.1) is 12.4 Å². The summed E-state index contributed by atoms with van der Waals surface area (Å²) in [7, 11) is 0. The molecule has 0 aliphatic rings. The molecule has 0 aliphatic heterocycles. The summed E-state index contributed by atoms with van der Waals surface area (Å²) in [4.78, 5) is 11.2. The van der Waals surface area contributed by atoms with E-state index in [9.17, 15) is 18.0 Å². The van der Waals surface area contributed by atoms with Crippen LogP contribution in [-0.4, -0.2) is 12.6 Å². The molecule has 0 saturated heterocycles. The summed E-state index contributed by atoms with van der Waals surface area (Å²) in [6.45, 7) is 1.92. The molecule has 0 amide bonds. The van der Waals surface area contributed by atoms with E-state index >= 15 is 0 Å². The molecule has 0 bridgehead atoms. The van der Waals surface area contributed by atoms with E-state index in [0.29, 0.717) is 5.56 Å². The molecule has 7 heteroatoms. The SMILES string of the molecule is CCOC(=O)C[C@@H](N)c1ccc(C(F)(F)F)cc1.Cl. The van der Waals surface area contributed by atoms with Gasteiger partial charge in [-0.3, -0.25) is 4.79 Å². The lowest BCUT2D eigenvalue weighted by Gasteiger charge is -2.12. The second-order valence-corrected chi connectivity index (χ2v) is 3.74. The first-order chi connectivity index (χ1) is 8.34. The zero-order valence-corrected chi connectivity index (χ0v) is 11.1. The maximum absolute atomic E-state index is 12.3. The molecule has 0 saturated carbocycles. The molecule has 0 unspecified atom stereocenters. The molecule has 0 heterocycles. The normalized spacial score (nSPS) is 12.5. The van der Waals surface area contributed by atoms with Crippen molar-refractivity contribution in [3.63, 3.8) is 0 Å². The number of carbonyl (C=O) groups excluding carboxylic acids is 1. The molecular weight excluding hydrogens is 283 g/mol. The van der Waals surface area contributed by atoms with Crippen LogP contribution >= 0.6 is 12.4 Å². The van der Waals surface area contributed by atoms with E-state index in [1.165, 1.54) is 12.1 Å². The molecule has 0 aliphatic carbocycles. The van der Waals surface area contributed by atoms with Gasteiger partial charge in [0.15, 0.2) is 0 Å². The van der Waals surface area contributed by atoms with Gasteiger partial charge in [-0.05, 0) is 24.6 Å². The van der Waals surface area contributed by atoms with Crippen molar-refractivity contribution < 1.29 is 22.7 Å². The van der Waals surface area contributed by atoms with Crippen LogP contribution in [0.15, 0.2) is 24.3 Å². The van der Waals surface area contributed by atoms with Crippen LogP contribution in [-0.2, 0) is 15.7 Å². The predicted octanol–water partition coefficient (Wildman–Crippen LogP) is 3.08. The highest BCUT2D eigenvalue weighted by atomic mass is 35.5. The molecule has 1 aromatic carbocycles. The van der Waals surface area contributed by atoms with Crippen molar-refractivity contribution in [2.45, 2.75) is 25.6 Å². The predicted molar refractivity (Wildman–Crippen MR) is 66.9 cm³/mol. The Hall–Kier alpha value is -1.27. The van der Waals surface area contributed by atoms with E-state index in [2.05, 4.69) is 0 Å². The molecule has 1 atom stereocenters. The van der Waals surface area contributed by atoms with E-state index in [1.807, 2.05) is 0 Å². The topological polar surface area (TPSA) is 52.3 Å². The average Bonchev–Trinajstić information content (AvgIpc) is 2.28. The highest BCUT2D eigenvalue weighted by molar-refractivity contribution is 5.85. The lowest BCUT2D eigenvalue weighted by molar-refractivity contribution is -0.143. The van der Waals surface area contributed by atoms with Gasteiger partial charge in [-0.1, -0.05) is 12.1 Å². The van der Waals surface area contributed by atoms with Crippen molar-refractivity contribution in [1.29, 1.82) is 0 Å². The van der Waals surface area contributed by atoms with Gasteiger partial charge in [0.2, 0.25) is 0 Å². The zero-order chi connectivity index (χ0) is 13.8. The van der Waals surface area contributed by atoms with Crippen LogP contribution < -0.4 is 5.73 Å². The number of alkyl halides is 3. The number of hydrogen-bond acceptors (Lipinski definition) is 3. The molecule has 0 fully saturated rings. The van der Waals surface area contributed by atoms with Crippen LogP contribution in [0.2, 0.25) is 0 Å². The van der Waals surface area contributed by atoms with Gasteiger partial charge < -0.3 is 10.5 Å². The van der Waals surface area contributed by atoms with Gasteiger partial charge >= 0.3 is 12.1 Å². The Kier molecular flexibility index (Phi) is 6.86. The largest absolute Gasteiger partial charge is 0.466 e. The molecule has 0 radical (unpaired) electrons. The van der Waals surface area contributed by atoms with Gasteiger partial charge in [0.05, 0.1) is 18.6 Å². The minimum atomic E-state index is -4.37. The Labute approximate surface area is 115 Å². The fraction of sp³-hybridized carbons (Fsp3) is 0.417. The molecule has 2 N–H and O–H groups in total. The van der Waals surface area contributed by atoms with E-state index in [4.69, 9.17) is 10.5 Å². The summed E-state index contributed by atoms with van der Waals surface area (Å²) >= 11 is 0. The second-order valence-electron chi connectivity index (χ2n) is 3.74. The fourth-order valence-corrected chi connectivity index (χ4v) is 1.44. The number of carbonyl (C=O) groups is 1. The molecule has 19 heavy (non-hydrogen) atoms. The summed E-state index contributed by atoms with van der Waals surface area (Å²) in [6.07, 6.45) is -4.43. The third-order valence-electron chi connectivity index (χ3n) is 2.36. The third kappa shape index (κ3) is 5.48. The Morgan fingerprint density at radius 2 is 1.84 bits per heavy atom. The van der Waals surface area contributed by atoms with Crippen molar-refractivity contribution >= 4 is 18.4 Å². The zero-order valence-electron chi connectivity index (χ0n) is 10.2. The number of benzene rings is 1. The van der Waals surface area contributed by atoms with Crippen molar-refractivity contribution in [3.8, 4) is 0 Å². The van der Waals surface area contributed by atoms with Crippen molar-refractivity contribution in [2.75, 3.05) is 6.61 Å². The molecule has 1 aromatic rings. The highest BCUT2D eigenvalue weighted by Gasteiger charge is 2.30. The first kappa shape index (κ1) is 17.7. The monoisotopic (exact) mass is 297 g/mol. The molecule has 108 valence electrons. The smallest absolute Gasteiger partial charge is 0.416 e. The summed E-state index contributed by atoms with van der Waals surface area (Å²) in [5.74, 6) is -0.468. The number of nitrogens with two attached hydrogens (primary N) is 1. The summed E-state index contributed by atoms with van der Waals surface area (Å²) in [5, 5.41) is 0. The molecule has 3 nitrogen and oxygen atoms in total. The number of esters is 1. The van der Waals surface area contributed by atoms with Crippen LogP contribution in [0.4, 0.5) is 13.2 Å². The second kappa shape index (κ2) is 7.35. The van der Waals surface area contributed by atoms with Gasteiger partial charge in [0.1, 0.15) is 0 Å². The number of rotatable bonds is 4. The number of halogens is 4. The van der Waals surface area contributed by atoms with Gasteiger partial charge in [-0.2, -0.15) is 13.2 Å². The Morgan fingerprint density at radius 3 is 2.26 bits per heavy atom. The molecular formula is C12H15ClF3NO2. The number of hydrogen-bond donors (Lipinski definition) is 1. The van der Waals surface area contributed by atoms with Crippen molar-refractivity contribution in [3.05, 3.63) is 35.4 Å². The summed E-state index contributed by atoms with van der Waals surface area (Å²) < 4.78 is 41.7. The first-order valence-corrected chi connectivity index (χ1v) is 5.43. The van der Waals surface area contributed by atoms with Crippen LogP contribution in [0.5, 0.6) is 0 Å². The maximum Gasteiger partial charge on any atom is 0.416 e. The summed E-state index contributed by atoms with van der Waals surface area (Å²) in [6, 6.07) is 3.77. The maximum atomic E-state index is 12.3. The molecule has 0 aromatic heterocycles. The van der Waals surface area contributed by atoms with Gasteiger partial charge in [-0.25, -0.2) is 0 Å². The molecule has 0 spiro atoms. The minimum Gasteiger partial charge on any atom is -0.466 e. The van der Waals surface area contributed by atoms with Crippen molar-refractivity contribution in [1.82, 2.24) is 0 Å². The Balaban J connectivity index is 0.00000324. The minimum absolute atomic E-state index is 0. The van der Waals surface area contributed by atoms with Crippen molar-refractivity contribution in [2.24, 2.45) is 5.73 Å².